The van der Waals surface area contributed by atoms with Gasteiger partial charge in [0.15, 0.2) is 5.78 Å². The van der Waals surface area contributed by atoms with Gasteiger partial charge in [-0.2, -0.15) is 0 Å². The number of allylic oxidation sites excluding steroid dienone is 1. The van der Waals surface area contributed by atoms with Crippen LogP contribution in [0.1, 0.15) is 73.1 Å². The van der Waals surface area contributed by atoms with Gasteiger partial charge in [-0.3, -0.25) is 4.79 Å². The predicted molar refractivity (Wildman–Crippen MR) is 134 cm³/mol. The number of hydrogen-bond acceptors (Lipinski definition) is 8. The van der Waals surface area contributed by atoms with Gasteiger partial charge in [0.1, 0.15) is 29.0 Å². The van der Waals surface area contributed by atoms with E-state index in [4.69, 9.17) is 16.3 Å². The molecular formula is C28H39ClO8. The van der Waals surface area contributed by atoms with Crippen molar-refractivity contribution in [1.82, 2.24) is 0 Å². The van der Waals surface area contributed by atoms with E-state index in [0.717, 1.165) is 5.57 Å². The Bertz CT molecular complexity index is 1120. The molecule has 3 saturated carbocycles. The molecule has 0 aromatic heterocycles. The van der Waals surface area contributed by atoms with E-state index >= 15 is 0 Å². The molecule has 5 rings (SSSR count). The van der Waals surface area contributed by atoms with Crippen LogP contribution in [0.2, 0.25) is 0 Å². The standard InChI is InChI=1S/C28H39ClO8/c1-14-12-21(37-22(32)15(14)2)25(5,33)27(35)11-10-26(34)17-13-18(29)28(36)20(31)7-6-19(30)24(28,4)16(17)8-9-23(26,27)3/h6-7,16-18,20-21,31,33-36H,8-13H2,1-5H3/t16-,17+,18-,20-,21-,23-,24-,25-,26+,27-,28+/m0/s1. The summed E-state index contributed by atoms with van der Waals surface area (Å²) in [6.07, 6.45) is 1.42. The molecular weight excluding hydrogens is 500 g/mol. The van der Waals surface area contributed by atoms with Crippen LogP contribution < -0.4 is 0 Å². The van der Waals surface area contributed by atoms with Crippen molar-refractivity contribution in [2.45, 2.75) is 113 Å². The van der Waals surface area contributed by atoms with E-state index in [9.17, 15) is 35.1 Å². The molecule has 8 nitrogen and oxygen atoms in total. The van der Waals surface area contributed by atoms with Crippen molar-refractivity contribution in [2.75, 3.05) is 0 Å². The molecule has 11 atom stereocenters. The lowest BCUT2D eigenvalue weighted by Gasteiger charge is -2.67. The largest absolute Gasteiger partial charge is 0.455 e. The molecule has 0 saturated heterocycles. The van der Waals surface area contributed by atoms with Crippen LogP contribution in [0.4, 0.5) is 0 Å². The zero-order valence-electron chi connectivity index (χ0n) is 22.1. The Morgan fingerprint density at radius 3 is 2.35 bits per heavy atom. The van der Waals surface area contributed by atoms with E-state index in [1.807, 2.05) is 0 Å². The predicted octanol–water partition coefficient (Wildman–Crippen LogP) is 1.93. The van der Waals surface area contributed by atoms with Crippen LogP contribution in [0.3, 0.4) is 0 Å². The average Bonchev–Trinajstić information content (AvgIpc) is 3.06. The number of alkyl halides is 1. The molecule has 9 heteroatoms. The van der Waals surface area contributed by atoms with E-state index in [0.29, 0.717) is 12.0 Å². The lowest BCUT2D eigenvalue weighted by Crippen LogP contribution is -2.77. The van der Waals surface area contributed by atoms with Crippen LogP contribution >= 0.6 is 11.6 Å². The minimum Gasteiger partial charge on any atom is -0.455 e. The van der Waals surface area contributed by atoms with Gasteiger partial charge >= 0.3 is 5.97 Å². The van der Waals surface area contributed by atoms with Crippen molar-refractivity contribution in [3.05, 3.63) is 23.3 Å². The van der Waals surface area contributed by atoms with Gasteiger partial charge in [-0.1, -0.05) is 12.5 Å². The molecule has 0 radical (unpaired) electrons. The fraction of sp³-hybridized carbons (Fsp3) is 0.786. The normalized spacial score (nSPS) is 53.2. The van der Waals surface area contributed by atoms with Crippen molar-refractivity contribution in [1.29, 1.82) is 0 Å². The first-order chi connectivity index (χ1) is 16.9. The van der Waals surface area contributed by atoms with Gasteiger partial charge in [0.05, 0.1) is 16.4 Å². The maximum Gasteiger partial charge on any atom is 0.334 e. The molecule has 4 aliphatic carbocycles. The number of aliphatic hydroxyl groups is 5. The fourth-order valence-electron chi connectivity index (χ4n) is 8.98. The third-order valence-electron chi connectivity index (χ3n) is 11.8. The Hall–Kier alpha value is -1.29. The van der Waals surface area contributed by atoms with Gasteiger partial charge in [0.25, 0.3) is 0 Å². The molecule has 5 N–H and O–H groups in total. The molecule has 3 fully saturated rings. The number of esters is 1. The van der Waals surface area contributed by atoms with E-state index in [1.165, 1.54) is 19.1 Å². The minimum atomic E-state index is -1.90. The number of carbonyl (C=O) groups excluding carboxylic acids is 2. The molecule has 37 heavy (non-hydrogen) atoms. The number of hydrogen-bond donors (Lipinski definition) is 5. The average molecular weight is 539 g/mol. The number of aliphatic hydroxyl groups excluding tert-OH is 1. The number of fused-ring (bicyclic) bond motifs is 5. The molecule has 0 unspecified atom stereocenters. The number of rotatable bonds is 2. The van der Waals surface area contributed by atoms with E-state index in [-0.39, 0.29) is 37.9 Å². The van der Waals surface area contributed by atoms with Crippen LogP contribution in [0, 0.1) is 22.7 Å². The van der Waals surface area contributed by atoms with Crippen molar-refractivity contribution < 1.29 is 39.9 Å². The monoisotopic (exact) mass is 538 g/mol. The van der Waals surface area contributed by atoms with Gasteiger partial charge in [0.2, 0.25) is 0 Å². The van der Waals surface area contributed by atoms with E-state index in [2.05, 4.69) is 0 Å². The first-order valence-corrected chi connectivity index (χ1v) is 13.7. The smallest absolute Gasteiger partial charge is 0.334 e. The lowest BCUT2D eigenvalue weighted by molar-refractivity contribution is -0.294. The molecule has 0 amide bonds. The zero-order chi connectivity index (χ0) is 27.6. The second-order valence-corrected chi connectivity index (χ2v) is 13.4. The Morgan fingerprint density at radius 2 is 1.73 bits per heavy atom. The molecule has 5 aliphatic rings. The number of halogens is 1. The molecule has 206 valence electrons. The Labute approximate surface area is 222 Å². The highest BCUT2D eigenvalue weighted by Gasteiger charge is 2.79. The molecule has 1 aliphatic heterocycles. The lowest BCUT2D eigenvalue weighted by atomic mass is 9.41. The SMILES string of the molecule is CC1=C(C)C(=O)O[C@H]([C@](C)(O)[C@]2(O)CC[C@@]3(O)[C@@H]4C[C@H](Cl)[C@@]5(O)[C@@H](O)C=CC(=O)[C@]5(C)[C@H]4CC[C@]23C)C1. The summed E-state index contributed by atoms with van der Waals surface area (Å²) in [4.78, 5) is 25.8. The van der Waals surface area contributed by atoms with E-state index in [1.54, 1.807) is 27.7 Å². The van der Waals surface area contributed by atoms with Crippen molar-refractivity contribution >= 4 is 23.4 Å². The summed E-state index contributed by atoms with van der Waals surface area (Å²) in [5.41, 5.74) is -8.52. The Balaban J connectivity index is 1.56. The van der Waals surface area contributed by atoms with Crippen LogP contribution in [0.15, 0.2) is 23.3 Å². The van der Waals surface area contributed by atoms with Crippen LogP contribution in [-0.2, 0) is 14.3 Å². The summed E-state index contributed by atoms with van der Waals surface area (Å²) in [5.74, 6) is -1.97. The molecule has 0 spiro atoms. The number of carbonyl (C=O) groups is 2. The minimum absolute atomic E-state index is 0.0520. The summed E-state index contributed by atoms with van der Waals surface area (Å²) >= 11 is 6.75. The Morgan fingerprint density at radius 1 is 1.08 bits per heavy atom. The van der Waals surface area contributed by atoms with E-state index < -0.39 is 68.6 Å². The zero-order valence-corrected chi connectivity index (χ0v) is 22.9. The molecule has 0 aromatic rings. The fourth-order valence-corrected chi connectivity index (χ4v) is 9.53. The molecule has 0 bridgehead atoms. The third-order valence-corrected chi connectivity index (χ3v) is 12.4. The van der Waals surface area contributed by atoms with Gasteiger partial charge in [-0.05, 0) is 83.8 Å². The van der Waals surface area contributed by atoms with Crippen LogP contribution in [-0.4, -0.2) is 77.3 Å². The van der Waals surface area contributed by atoms with Crippen molar-refractivity contribution in [2.24, 2.45) is 22.7 Å². The quantitative estimate of drug-likeness (QED) is 0.265. The molecule has 0 aromatic carbocycles. The summed E-state index contributed by atoms with van der Waals surface area (Å²) in [6.45, 7) is 8.32. The summed E-state index contributed by atoms with van der Waals surface area (Å²) in [7, 11) is 0. The highest BCUT2D eigenvalue weighted by atomic mass is 35.5. The first kappa shape index (κ1) is 27.3. The summed E-state index contributed by atoms with van der Waals surface area (Å²) < 4.78 is 5.60. The third kappa shape index (κ3) is 2.92. The molecule has 1 heterocycles. The Kier molecular flexibility index (Phi) is 5.82. The highest BCUT2D eigenvalue weighted by molar-refractivity contribution is 6.22. The van der Waals surface area contributed by atoms with Crippen molar-refractivity contribution in [3.63, 3.8) is 0 Å². The van der Waals surface area contributed by atoms with Gasteiger partial charge in [-0.15, -0.1) is 11.6 Å². The highest BCUT2D eigenvalue weighted by Crippen LogP contribution is 2.71. The van der Waals surface area contributed by atoms with Crippen LogP contribution in [0.5, 0.6) is 0 Å². The summed E-state index contributed by atoms with van der Waals surface area (Å²) in [5, 5.41) is 58.1. The topological polar surface area (TPSA) is 145 Å². The van der Waals surface area contributed by atoms with Gasteiger partial charge in [0, 0.05) is 17.4 Å². The second-order valence-electron chi connectivity index (χ2n) is 12.9. The number of ketones is 1. The first-order valence-electron chi connectivity index (χ1n) is 13.2. The second kappa shape index (κ2) is 7.89. The number of cyclic esters (lactones) is 1. The maximum atomic E-state index is 13.3. The van der Waals surface area contributed by atoms with Gasteiger partial charge < -0.3 is 30.3 Å². The van der Waals surface area contributed by atoms with Crippen LogP contribution in [0.25, 0.3) is 0 Å². The van der Waals surface area contributed by atoms with Gasteiger partial charge in [-0.25, -0.2) is 4.79 Å². The summed E-state index contributed by atoms with van der Waals surface area (Å²) in [6, 6.07) is 0. The maximum absolute atomic E-state index is 13.3. The number of ether oxygens (including phenoxy) is 1. The van der Waals surface area contributed by atoms with Crippen molar-refractivity contribution in [3.8, 4) is 0 Å².